The average Bonchev–Trinajstić information content (AvgIpc) is 2.35. The largest absolute Gasteiger partial charge is 0.478 e. The molecule has 0 heterocycles. The fraction of sp³-hybridized carbons (Fsp3) is 0.750. The number of ether oxygens (including phenoxy) is 3. The molecule has 0 saturated heterocycles. The van der Waals surface area contributed by atoms with Crippen LogP contribution in [0.5, 0.6) is 0 Å². The van der Waals surface area contributed by atoms with E-state index in [1.165, 1.54) is 6.92 Å². The van der Waals surface area contributed by atoms with Crippen LogP contribution in [0.15, 0.2) is 12.2 Å². The molecule has 116 valence electrons. The van der Waals surface area contributed by atoms with Crippen LogP contribution in [0.25, 0.3) is 0 Å². The number of hydrogen-bond acceptors (Lipinski definition) is 6. The number of aliphatic carboxylic acids is 1. The van der Waals surface area contributed by atoms with Crippen molar-refractivity contribution < 1.29 is 34.3 Å². The number of aliphatic hydroxyl groups is 2. The maximum Gasteiger partial charge on any atom is 0.330 e. The Kier molecular flexibility index (Phi) is 27.0. The van der Waals surface area contributed by atoms with Gasteiger partial charge in [0.25, 0.3) is 0 Å². The number of hydrogen-bond donors (Lipinski definition) is 3. The second-order valence-electron chi connectivity index (χ2n) is 3.17. The van der Waals surface area contributed by atoms with Crippen molar-refractivity contribution in [3.05, 3.63) is 12.2 Å². The predicted molar refractivity (Wildman–Crippen MR) is 71.2 cm³/mol. The quantitative estimate of drug-likeness (QED) is 0.422. The normalized spacial score (nSPS) is 8.68. The zero-order valence-electron chi connectivity index (χ0n) is 11.9. The fourth-order valence-electron chi connectivity index (χ4n) is 0.451. The lowest BCUT2D eigenvalue weighted by atomic mass is 10.4. The lowest BCUT2D eigenvalue weighted by Gasteiger charge is -2.01. The minimum Gasteiger partial charge on any atom is -0.478 e. The van der Waals surface area contributed by atoms with E-state index in [9.17, 15) is 4.79 Å². The first-order valence-corrected chi connectivity index (χ1v) is 5.63. The smallest absolute Gasteiger partial charge is 0.330 e. The van der Waals surface area contributed by atoms with Gasteiger partial charge in [0.2, 0.25) is 0 Å². The van der Waals surface area contributed by atoms with Crippen LogP contribution in [-0.4, -0.2) is 75.1 Å². The van der Waals surface area contributed by atoms with E-state index < -0.39 is 5.97 Å². The highest BCUT2D eigenvalue weighted by Crippen LogP contribution is 1.81. The highest BCUT2D eigenvalue weighted by atomic mass is 16.5. The molecule has 0 radical (unpaired) electrons. The highest BCUT2D eigenvalue weighted by molar-refractivity contribution is 5.84. The molecule has 0 aliphatic heterocycles. The van der Waals surface area contributed by atoms with Gasteiger partial charge >= 0.3 is 5.97 Å². The van der Waals surface area contributed by atoms with Crippen molar-refractivity contribution in [2.45, 2.75) is 6.92 Å². The minimum atomic E-state index is -0.935. The lowest BCUT2D eigenvalue weighted by Crippen LogP contribution is -2.09. The van der Waals surface area contributed by atoms with Gasteiger partial charge in [0.15, 0.2) is 0 Å². The third-order valence-corrected chi connectivity index (χ3v) is 1.21. The van der Waals surface area contributed by atoms with Crippen molar-refractivity contribution in [1.82, 2.24) is 0 Å². The monoisotopic (exact) mass is 282 g/mol. The molecular formula is C12H26O7. The van der Waals surface area contributed by atoms with Crippen molar-refractivity contribution in [3.63, 3.8) is 0 Å². The van der Waals surface area contributed by atoms with Gasteiger partial charge in [-0.05, 0) is 6.92 Å². The second-order valence-corrected chi connectivity index (χ2v) is 3.17. The van der Waals surface area contributed by atoms with Gasteiger partial charge in [0, 0.05) is 19.8 Å². The Hall–Kier alpha value is -0.990. The van der Waals surface area contributed by atoms with Gasteiger partial charge < -0.3 is 29.5 Å². The Bertz CT molecular complexity index is 175. The number of aliphatic hydroxyl groups excluding tert-OH is 2. The van der Waals surface area contributed by atoms with Crippen molar-refractivity contribution in [2.24, 2.45) is 0 Å². The Morgan fingerprint density at radius 3 is 1.42 bits per heavy atom. The minimum absolute atomic E-state index is 0.0417. The number of carboxylic acids is 1. The molecule has 0 aliphatic rings. The molecule has 0 bridgehead atoms. The van der Waals surface area contributed by atoms with Crippen LogP contribution in [0.2, 0.25) is 0 Å². The van der Waals surface area contributed by atoms with Crippen LogP contribution < -0.4 is 0 Å². The van der Waals surface area contributed by atoms with E-state index in [0.29, 0.717) is 26.4 Å². The molecular weight excluding hydrogens is 256 g/mol. The molecule has 0 fully saturated rings. The van der Waals surface area contributed by atoms with E-state index in [-0.39, 0.29) is 18.8 Å². The molecule has 0 amide bonds. The van der Waals surface area contributed by atoms with Gasteiger partial charge in [-0.3, -0.25) is 0 Å². The number of carboxylic acid groups (broad SMARTS) is 1. The molecule has 7 heteroatoms. The van der Waals surface area contributed by atoms with Gasteiger partial charge in [-0.1, -0.05) is 6.58 Å². The Morgan fingerprint density at radius 2 is 1.26 bits per heavy atom. The summed E-state index contributed by atoms with van der Waals surface area (Å²) >= 11 is 0. The van der Waals surface area contributed by atoms with Crippen LogP contribution in [0.4, 0.5) is 0 Å². The van der Waals surface area contributed by atoms with Crippen molar-refractivity contribution in [1.29, 1.82) is 0 Å². The zero-order chi connectivity index (χ0) is 15.5. The predicted octanol–water partition coefficient (Wildman–Crippen LogP) is -0.0861. The summed E-state index contributed by atoms with van der Waals surface area (Å²) in [5.41, 5.74) is 0.176. The molecule has 0 rings (SSSR count). The Labute approximate surface area is 114 Å². The molecule has 7 nitrogen and oxygen atoms in total. The van der Waals surface area contributed by atoms with E-state index in [1.807, 2.05) is 0 Å². The summed E-state index contributed by atoms with van der Waals surface area (Å²) in [5, 5.41) is 24.4. The lowest BCUT2D eigenvalue weighted by molar-refractivity contribution is -0.132. The van der Waals surface area contributed by atoms with Gasteiger partial charge in [0.1, 0.15) is 0 Å². The summed E-state index contributed by atoms with van der Waals surface area (Å²) in [5.74, 6) is -0.935. The topological polar surface area (TPSA) is 105 Å². The van der Waals surface area contributed by atoms with Crippen molar-refractivity contribution in [3.8, 4) is 0 Å². The Morgan fingerprint density at radius 1 is 1.00 bits per heavy atom. The van der Waals surface area contributed by atoms with Crippen molar-refractivity contribution >= 4 is 5.97 Å². The van der Waals surface area contributed by atoms with E-state index in [2.05, 4.69) is 11.3 Å². The number of methoxy groups -OCH3 is 1. The van der Waals surface area contributed by atoms with Gasteiger partial charge in [-0.15, -0.1) is 0 Å². The first kappa shape index (κ1) is 23.1. The van der Waals surface area contributed by atoms with Crippen molar-refractivity contribution in [2.75, 3.05) is 53.9 Å². The van der Waals surface area contributed by atoms with E-state index in [4.69, 9.17) is 24.8 Å². The van der Waals surface area contributed by atoms with E-state index >= 15 is 0 Å². The summed E-state index contributed by atoms with van der Waals surface area (Å²) in [7, 11) is 3.25. The van der Waals surface area contributed by atoms with E-state index in [1.54, 1.807) is 14.2 Å². The summed E-state index contributed by atoms with van der Waals surface area (Å²) in [6, 6.07) is 0. The number of rotatable bonds is 8. The van der Waals surface area contributed by atoms with Crippen LogP contribution in [0, 0.1) is 0 Å². The molecule has 0 aromatic heterocycles. The second kappa shape index (κ2) is 22.2. The molecule has 0 unspecified atom stereocenters. The van der Waals surface area contributed by atoms with Crippen LogP contribution in [-0.2, 0) is 19.0 Å². The maximum absolute atomic E-state index is 9.60. The average molecular weight is 282 g/mol. The molecule has 0 aromatic rings. The van der Waals surface area contributed by atoms with Gasteiger partial charge in [0.05, 0.1) is 39.6 Å². The fourth-order valence-corrected chi connectivity index (χ4v) is 0.451. The summed E-state index contributed by atoms with van der Waals surface area (Å²) in [4.78, 5) is 9.60. The maximum atomic E-state index is 9.60. The molecule has 19 heavy (non-hydrogen) atoms. The number of carbonyl (C=O) groups is 1. The zero-order valence-corrected chi connectivity index (χ0v) is 11.9. The summed E-state index contributed by atoms with van der Waals surface area (Å²) in [6.07, 6.45) is 0. The first-order chi connectivity index (χ1) is 8.97. The Balaban J connectivity index is -0.000000242. The molecule has 0 aliphatic carbocycles. The molecule has 0 atom stereocenters. The summed E-state index contributed by atoms with van der Waals surface area (Å²) < 4.78 is 14.0. The molecule has 0 aromatic carbocycles. The highest BCUT2D eigenvalue weighted by Gasteiger charge is 1.90. The first-order valence-electron chi connectivity index (χ1n) is 5.63. The SMILES string of the molecule is C=C(C)C(=O)O.COC.OCCOCCOCCO. The third-order valence-electron chi connectivity index (χ3n) is 1.21. The standard InChI is InChI=1S/C6H14O4.C4H6O2.C2H6O/c7-1-3-9-5-6-10-4-2-8;1-3(2)4(5)6;1-3-2/h7-8H,1-6H2;1H2,2H3,(H,5,6);1-2H3. The van der Waals surface area contributed by atoms with Gasteiger partial charge in [-0.25, -0.2) is 4.79 Å². The summed E-state index contributed by atoms with van der Waals surface area (Å²) in [6.45, 7) is 6.33. The van der Waals surface area contributed by atoms with Crippen LogP contribution >= 0.6 is 0 Å². The molecule has 0 spiro atoms. The molecule has 3 N–H and O–H groups in total. The third kappa shape index (κ3) is 38.2. The van der Waals surface area contributed by atoms with Gasteiger partial charge in [-0.2, -0.15) is 0 Å². The van der Waals surface area contributed by atoms with Crippen LogP contribution in [0.3, 0.4) is 0 Å². The molecule has 0 saturated carbocycles. The van der Waals surface area contributed by atoms with E-state index in [0.717, 1.165) is 0 Å². The van der Waals surface area contributed by atoms with Crippen LogP contribution in [0.1, 0.15) is 6.92 Å².